The zero-order chi connectivity index (χ0) is 18.6. The van der Waals surface area contributed by atoms with Crippen LogP contribution in [0.3, 0.4) is 0 Å². The molecule has 2 heterocycles. The van der Waals surface area contributed by atoms with E-state index in [-0.39, 0.29) is 12.5 Å². The molecule has 0 saturated carbocycles. The molecule has 0 unspecified atom stereocenters. The van der Waals surface area contributed by atoms with Crippen LogP contribution in [0.15, 0.2) is 67.1 Å². The Bertz CT molecular complexity index is 1070. The van der Waals surface area contributed by atoms with E-state index < -0.39 is 0 Å². The molecule has 0 spiro atoms. The number of para-hydroxylation sites is 1. The topological polar surface area (TPSA) is 81.9 Å². The average Bonchev–Trinajstić information content (AvgIpc) is 3.13. The van der Waals surface area contributed by atoms with E-state index in [1.807, 2.05) is 61.5 Å². The van der Waals surface area contributed by atoms with Gasteiger partial charge in [-0.2, -0.15) is 5.10 Å². The Hall–Kier alpha value is -3.74. The highest BCUT2D eigenvalue weighted by Gasteiger charge is 2.13. The van der Waals surface area contributed by atoms with Gasteiger partial charge in [0.05, 0.1) is 11.9 Å². The van der Waals surface area contributed by atoms with Crippen molar-refractivity contribution >= 4 is 22.6 Å². The first-order valence-corrected chi connectivity index (χ1v) is 8.44. The summed E-state index contributed by atoms with van der Waals surface area (Å²) in [5.41, 5.74) is 3.35. The van der Waals surface area contributed by atoms with E-state index in [1.54, 1.807) is 10.9 Å². The number of carbonyl (C=O) groups is 1. The minimum Gasteiger partial charge on any atom is -0.467 e. The van der Waals surface area contributed by atoms with Crippen molar-refractivity contribution in [3.05, 3.63) is 72.7 Å². The Morgan fingerprint density at radius 1 is 1.07 bits per heavy atom. The standard InChI is InChI=1S/C20H17N5O2/c1-14-7-9-15(10-8-14)24-18(26)12-27-20-17-11-23-25(19(17)21-13-22-20)16-5-3-2-4-6-16/h2-11,13H,12H2,1H3,(H,24,26). The summed E-state index contributed by atoms with van der Waals surface area (Å²) < 4.78 is 7.31. The van der Waals surface area contributed by atoms with Crippen molar-refractivity contribution in [1.82, 2.24) is 19.7 Å². The predicted molar refractivity (Wildman–Crippen MR) is 102 cm³/mol. The van der Waals surface area contributed by atoms with Gasteiger partial charge in [-0.1, -0.05) is 35.9 Å². The maximum atomic E-state index is 12.1. The number of carbonyl (C=O) groups excluding carboxylic acids is 1. The van der Waals surface area contributed by atoms with Crippen molar-refractivity contribution in [2.45, 2.75) is 6.92 Å². The van der Waals surface area contributed by atoms with E-state index in [4.69, 9.17) is 4.74 Å². The summed E-state index contributed by atoms with van der Waals surface area (Å²) in [6.07, 6.45) is 3.03. The molecule has 1 N–H and O–H groups in total. The van der Waals surface area contributed by atoms with Gasteiger partial charge >= 0.3 is 0 Å². The smallest absolute Gasteiger partial charge is 0.262 e. The number of rotatable bonds is 5. The highest BCUT2D eigenvalue weighted by Crippen LogP contribution is 2.23. The molecule has 4 aromatic rings. The molecule has 7 heteroatoms. The van der Waals surface area contributed by atoms with Crippen LogP contribution in [0, 0.1) is 6.92 Å². The third kappa shape index (κ3) is 3.62. The highest BCUT2D eigenvalue weighted by molar-refractivity contribution is 5.92. The van der Waals surface area contributed by atoms with Gasteiger partial charge in [-0.05, 0) is 31.2 Å². The number of nitrogens with zero attached hydrogens (tertiary/aromatic N) is 4. The SMILES string of the molecule is Cc1ccc(NC(=O)COc2ncnc3c2cnn3-c2ccccc2)cc1. The predicted octanol–water partition coefficient (Wildman–Crippen LogP) is 3.14. The first kappa shape index (κ1) is 16.7. The Morgan fingerprint density at radius 2 is 1.85 bits per heavy atom. The third-order valence-electron chi connectivity index (χ3n) is 4.01. The second kappa shape index (κ2) is 7.25. The second-order valence-corrected chi connectivity index (χ2v) is 6.01. The average molecular weight is 359 g/mol. The van der Waals surface area contributed by atoms with Gasteiger partial charge in [0.25, 0.3) is 5.91 Å². The molecule has 0 fully saturated rings. The number of benzene rings is 2. The maximum Gasteiger partial charge on any atom is 0.262 e. The fourth-order valence-electron chi connectivity index (χ4n) is 2.66. The minimum absolute atomic E-state index is 0.156. The molecule has 1 amide bonds. The number of ether oxygens (including phenoxy) is 1. The first-order chi connectivity index (χ1) is 13.2. The normalized spacial score (nSPS) is 10.7. The van der Waals surface area contributed by atoms with Gasteiger partial charge in [-0.3, -0.25) is 4.79 Å². The fourth-order valence-corrected chi connectivity index (χ4v) is 2.66. The van der Waals surface area contributed by atoms with Gasteiger partial charge in [0.2, 0.25) is 5.88 Å². The molecule has 2 aromatic heterocycles. The number of aromatic nitrogens is 4. The minimum atomic E-state index is -0.263. The third-order valence-corrected chi connectivity index (χ3v) is 4.01. The summed E-state index contributed by atoms with van der Waals surface area (Å²) in [5, 5.41) is 7.80. The lowest BCUT2D eigenvalue weighted by atomic mass is 10.2. The first-order valence-electron chi connectivity index (χ1n) is 8.44. The summed E-state index contributed by atoms with van der Waals surface area (Å²) in [4.78, 5) is 20.6. The zero-order valence-electron chi connectivity index (χ0n) is 14.7. The monoisotopic (exact) mass is 359 g/mol. The Kier molecular flexibility index (Phi) is 4.49. The van der Waals surface area contributed by atoms with Gasteiger partial charge in [0.1, 0.15) is 11.7 Å². The molecule has 134 valence electrons. The van der Waals surface area contributed by atoms with Crippen LogP contribution in [0.5, 0.6) is 5.88 Å². The summed E-state index contributed by atoms with van der Waals surface area (Å²) in [6, 6.07) is 17.2. The number of aryl methyl sites for hydroxylation is 1. The van der Waals surface area contributed by atoms with Gasteiger partial charge in [-0.25, -0.2) is 14.6 Å². The molecule has 4 rings (SSSR count). The Balaban J connectivity index is 1.50. The van der Waals surface area contributed by atoms with Crippen molar-refractivity contribution in [2.24, 2.45) is 0 Å². The van der Waals surface area contributed by atoms with E-state index >= 15 is 0 Å². The summed E-state index contributed by atoms with van der Waals surface area (Å²) in [7, 11) is 0. The number of amides is 1. The summed E-state index contributed by atoms with van der Waals surface area (Å²) in [6.45, 7) is 1.83. The van der Waals surface area contributed by atoms with Crippen LogP contribution in [-0.4, -0.2) is 32.3 Å². The van der Waals surface area contributed by atoms with Crippen molar-refractivity contribution in [1.29, 1.82) is 0 Å². The molecular weight excluding hydrogens is 342 g/mol. The van der Waals surface area contributed by atoms with E-state index in [9.17, 15) is 4.79 Å². The number of fused-ring (bicyclic) bond motifs is 1. The molecule has 0 radical (unpaired) electrons. The summed E-state index contributed by atoms with van der Waals surface area (Å²) >= 11 is 0. The Morgan fingerprint density at radius 3 is 2.63 bits per heavy atom. The maximum absolute atomic E-state index is 12.1. The van der Waals surface area contributed by atoms with Crippen LogP contribution >= 0.6 is 0 Å². The van der Waals surface area contributed by atoms with Crippen LogP contribution in [0.4, 0.5) is 5.69 Å². The van der Waals surface area contributed by atoms with Gasteiger partial charge in [-0.15, -0.1) is 0 Å². The molecule has 0 aliphatic carbocycles. The lowest BCUT2D eigenvalue weighted by Gasteiger charge is -2.08. The van der Waals surface area contributed by atoms with Gasteiger partial charge in [0, 0.05) is 5.69 Å². The van der Waals surface area contributed by atoms with E-state index in [0.29, 0.717) is 16.9 Å². The van der Waals surface area contributed by atoms with E-state index in [1.165, 1.54) is 6.33 Å². The van der Waals surface area contributed by atoms with Crippen molar-refractivity contribution in [2.75, 3.05) is 11.9 Å². The Labute approximate surface area is 155 Å². The molecule has 0 aliphatic rings. The molecule has 0 atom stereocenters. The highest BCUT2D eigenvalue weighted by atomic mass is 16.5. The molecular formula is C20H17N5O2. The lowest BCUT2D eigenvalue weighted by molar-refractivity contribution is -0.118. The molecule has 0 bridgehead atoms. The fraction of sp³-hybridized carbons (Fsp3) is 0.100. The largest absolute Gasteiger partial charge is 0.467 e. The molecule has 0 saturated heterocycles. The van der Waals surface area contributed by atoms with Crippen molar-refractivity contribution in [3.63, 3.8) is 0 Å². The van der Waals surface area contributed by atoms with Gasteiger partial charge < -0.3 is 10.1 Å². The number of hydrogen-bond acceptors (Lipinski definition) is 5. The molecule has 0 aliphatic heterocycles. The van der Waals surface area contributed by atoms with Crippen LogP contribution in [0.2, 0.25) is 0 Å². The van der Waals surface area contributed by atoms with Crippen LogP contribution < -0.4 is 10.1 Å². The molecule has 7 nitrogen and oxygen atoms in total. The number of anilines is 1. The number of hydrogen-bond donors (Lipinski definition) is 1. The quantitative estimate of drug-likeness (QED) is 0.592. The summed E-state index contributed by atoms with van der Waals surface area (Å²) in [5.74, 6) is 0.0577. The van der Waals surface area contributed by atoms with E-state index in [2.05, 4.69) is 20.4 Å². The van der Waals surface area contributed by atoms with Crippen LogP contribution in [-0.2, 0) is 4.79 Å². The van der Waals surface area contributed by atoms with Crippen LogP contribution in [0.25, 0.3) is 16.7 Å². The van der Waals surface area contributed by atoms with Crippen molar-refractivity contribution < 1.29 is 9.53 Å². The zero-order valence-corrected chi connectivity index (χ0v) is 14.7. The number of nitrogens with one attached hydrogen (secondary N) is 1. The lowest BCUT2D eigenvalue weighted by Crippen LogP contribution is -2.20. The van der Waals surface area contributed by atoms with E-state index in [0.717, 1.165) is 16.9 Å². The molecule has 2 aromatic carbocycles. The molecule has 27 heavy (non-hydrogen) atoms. The second-order valence-electron chi connectivity index (χ2n) is 6.01. The van der Waals surface area contributed by atoms with Gasteiger partial charge in [0.15, 0.2) is 12.3 Å². The van der Waals surface area contributed by atoms with Crippen LogP contribution in [0.1, 0.15) is 5.56 Å². The van der Waals surface area contributed by atoms with Crippen molar-refractivity contribution in [3.8, 4) is 11.6 Å².